The molecule has 1 aromatic rings. The molecule has 1 heterocycles. The van der Waals surface area contributed by atoms with Gasteiger partial charge in [0.1, 0.15) is 5.69 Å². The molecule has 0 bridgehead atoms. The maximum atomic E-state index is 11.8. The molecule has 1 aliphatic rings. The van der Waals surface area contributed by atoms with Crippen molar-refractivity contribution in [2.45, 2.75) is 12.8 Å². The smallest absolute Gasteiger partial charge is 0.292 e. The first kappa shape index (κ1) is 12.3. The lowest BCUT2D eigenvalue weighted by molar-refractivity contribution is -0.383. The van der Waals surface area contributed by atoms with Crippen molar-refractivity contribution in [1.82, 2.24) is 4.90 Å². The van der Waals surface area contributed by atoms with Gasteiger partial charge in [-0.15, -0.1) is 0 Å². The average Bonchev–Trinajstić information content (AvgIpc) is 2.90. The van der Waals surface area contributed by atoms with E-state index in [0.29, 0.717) is 5.69 Å². The standard InChI is InChI=1S/C12H15N3O3/c16-12(14-7-3-4-8-14)9-13-10-5-1-2-6-11(10)15(17)18/h1-2,5-6,13H,3-4,7-9H2. The van der Waals surface area contributed by atoms with Crippen LogP contribution in [0.2, 0.25) is 0 Å². The molecule has 6 heteroatoms. The third-order valence-electron chi connectivity index (χ3n) is 2.99. The Hall–Kier alpha value is -2.11. The molecule has 2 rings (SSSR count). The summed E-state index contributed by atoms with van der Waals surface area (Å²) in [6.45, 7) is 1.68. The zero-order valence-corrected chi connectivity index (χ0v) is 9.96. The number of nitrogens with one attached hydrogen (secondary N) is 1. The molecule has 1 saturated heterocycles. The van der Waals surface area contributed by atoms with Crippen LogP contribution in [0.25, 0.3) is 0 Å². The van der Waals surface area contributed by atoms with E-state index in [0.717, 1.165) is 25.9 Å². The highest BCUT2D eigenvalue weighted by Crippen LogP contribution is 2.22. The molecule has 1 fully saturated rings. The number of nitrogens with zero attached hydrogens (tertiary/aromatic N) is 2. The van der Waals surface area contributed by atoms with Crippen LogP contribution in [0, 0.1) is 10.1 Å². The van der Waals surface area contributed by atoms with E-state index in [1.165, 1.54) is 6.07 Å². The number of hydrogen-bond donors (Lipinski definition) is 1. The van der Waals surface area contributed by atoms with Gasteiger partial charge in [-0.1, -0.05) is 12.1 Å². The molecular weight excluding hydrogens is 234 g/mol. The molecule has 6 nitrogen and oxygen atoms in total. The first-order valence-corrected chi connectivity index (χ1v) is 5.93. The van der Waals surface area contributed by atoms with E-state index in [-0.39, 0.29) is 18.1 Å². The number of benzene rings is 1. The summed E-state index contributed by atoms with van der Waals surface area (Å²) in [4.78, 5) is 23.9. The number of carbonyl (C=O) groups excluding carboxylic acids is 1. The second-order valence-electron chi connectivity index (χ2n) is 4.22. The van der Waals surface area contributed by atoms with Gasteiger partial charge in [0.15, 0.2) is 0 Å². The van der Waals surface area contributed by atoms with Gasteiger partial charge in [-0.2, -0.15) is 0 Å². The Labute approximate surface area is 105 Å². The molecule has 96 valence electrons. The molecular formula is C12H15N3O3. The Bertz CT molecular complexity index is 456. The van der Waals surface area contributed by atoms with E-state index in [9.17, 15) is 14.9 Å². The maximum absolute atomic E-state index is 11.8. The predicted molar refractivity (Wildman–Crippen MR) is 67.4 cm³/mol. The van der Waals surface area contributed by atoms with E-state index < -0.39 is 4.92 Å². The van der Waals surface area contributed by atoms with Gasteiger partial charge in [-0.3, -0.25) is 14.9 Å². The van der Waals surface area contributed by atoms with Crippen LogP contribution in [0.5, 0.6) is 0 Å². The Morgan fingerprint density at radius 2 is 2.00 bits per heavy atom. The van der Waals surface area contributed by atoms with Gasteiger partial charge < -0.3 is 10.2 Å². The van der Waals surface area contributed by atoms with E-state index >= 15 is 0 Å². The first-order chi connectivity index (χ1) is 8.68. The molecule has 0 spiro atoms. The van der Waals surface area contributed by atoms with Gasteiger partial charge in [-0.05, 0) is 18.9 Å². The number of likely N-dealkylation sites (tertiary alicyclic amines) is 1. The number of carbonyl (C=O) groups is 1. The molecule has 0 aromatic heterocycles. The first-order valence-electron chi connectivity index (χ1n) is 5.93. The molecule has 0 unspecified atom stereocenters. The minimum Gasteiger partial charge on any atom is -0.371 e. The summed E-state index contributed by atoms with van der Waals surface area (Å²) in [5.74, 6) is -0.00866. The Kier molecular flexibility index (Phi) is 3.76. The number of para-hydroxylation sites is 2. The van der Waals surface area contributed by atoms with Crippen LogP contribution >= 0.6 is 0 Å². The SMILES string of the molecule is O=C(CNc1ccccc1[N+](=O)[O-])N1CCCC1. The summed E-state index contributed by atoms with van der Waals surface area (Å²) in [6, 6.07) is 6.33. The van der Waals surface area contributed by atoms with Gasteiger partial charge in [0.2, 0.25) is 5.91 Å². The molecule has 0 aliphatic carbocycles. The Morgan fingerprint density at radius 3 is 2.67 bits per heavy atom. The second-order valence-corrected chi connectivity index (χ2v) is 4.22. The lowest BCUT2D eigenvalue weighted by Gasteiger charge is -2.15. The molecule has 1 aromatic carbocycles. The lowest BCUT2D eigenvalue weighted by Crippen LogP contribution is -2.33. The lowest BCUT2D eigenvalue weighted by atomic mass is 10.2. The Morgan fingerprint density at radius 1 is 1.33 bits per heavy atom. The topological polar surface area (TPSA) is 75.5 Å². The van der Waals surface area contributed by atoms with Crippen LogP contribution in [-0.4, -0.2) is 35.4 Å². The monoisotopic (exact) mass is 249 g/mol. The quantitative estimate of drug-likeness (QED) is 0.650. The van der Waals surface area contributed by atoms with Crippen LogP contribution in [0.3, 0.4) is 0 Å². The molecule has 1 N–H and O–H groups in total. The fraction of sp³-hybridized carbons (Fsp3) is 0.417. The van der Waals surface area contributed by atoms with Gasteiger partial charge >= 0.3 is 0 Å². The van der Waals surface area contributed by atoms with Gasteiger partial charge in [0, 0.05) is 19.2 Å². The van der Waals surface area contributed by atoms with Crippen LogP contribution in [0.15, 0.2) is 24.3 Å². The predicted octanol–water partition coefficient (Wildman–Crippen LogP) is 1.63. The van der Waals surface area contributed by atoms with Crippen molar-refractivity contribution in [2.75, 3.05) is 25.0 Å². The Balaban J connectivity index is 1.97. The highest BCUT2D eigenvalue weighted by molar-refractivity contribution is 5.82. The molecule has 1 aliphatic heterocycles. The third-order valence-corrected chi connectivity index (χ3v) is 2.99. The van der Waals surface area contributed by atoms with Crippen molar-refractivity contribution in [1.29, 1.82) is 0 Å². The molecule has 18 heavy (non-hydrogen) atoms. The van der Waals surface area contributed by atoms with Gasteiger partial charge in [-0.25, -0.2) is 0 Å². The molecule has 0 saturated carbocycles. The van der Waals surface area contributed by atoms with Crippen molar-refractivity contribution >= 4 is 17.3 Å². The summed E-state index contributed by atoms with van der Waals surface area (Å²) in [5, 5.41) is 13.6. The van der Waals surface area contributed by atoms with Crippen molar-refractivity contribution in [3.63, 3.8) is 0 Å². The summed E-state index contributed by atoms with van der Waals surface area (Å²) < 4.78 is 0. The minimum absolute atomic E-state index is 0.00766. The second kappa shape index (κ2) is 5.48. The summed E-state index contributed by atoms with van der Waals surface area (Å²) in [6.07, 6.45) is 2.08. The van der Waals surface area contributed by atoms with Crippen molar-refractivity contribution in [3.05, 3.63) is 34.4 Å². The van der Waals surface area contributed by atoms with E-state index in [4.69, 9.17) is 0 Å². The highest BCUT2D eigenvalue weighted by atomic mass is 16.6. The zero-order valence-electron chi connectivity index (χ0n) is 9.96. The minimum atomic E-state index is -0.456. The van der Waals surface area contributed by atoms with E-state index in [1.54, 1.807) is 23.1 Å². The summed E-state index contributed by atoms with van der Waals surface area (Å²) in [5.41, 5.74) is 0.377. The van der Waals surface area contributed by atoms with Crippen molar-refractivity contribution in [2.24, 2.45) is 0 Å². The number of anilines is 1. The fourth-order valence-electron chi connectivity index (χ4n) is 2.03. The van der Waals surface area contributed by atoms with Crippen LogP contribution in [-0.2, 0) is 4.79 Å². The largest absolute Gasteiger partial charge is 0.371 e. The number of nitro groups is 1. The van der Waals surface area contributed by atoms with E-state index in [2.05, 4.69) is 5.32 Å². The summed E-state index contributed by atoms with van der Waals surface area (Å²) in [7, 11) is 0. The number of hydrogen-bond acceptors (Lipinski definition) is 4. The van der Waals surface area contributed by atoms with Crippen molar-refractivity contribution in [3.8, 4) is 0 Å². The summed E-state index contributed by atoms with van der Waals surface area (Å²) >= 11 is 0. The maximum Gasteiger partial charge on any atom is 0.292 e. The third kappa shape index (κ3) is 2.77. The van der Waals surface area contributed by atoms with Crippen LogP contribution < -0.4 is 5.32 Å². The molecule has 0 radical (unpaired) electrons. The van der Waals surface area contributed by atoms with Crippen molar-refractivity contribution < 1.29 is 9.72 Å². The number of nitro benzene ring substituents is 1. The average molecular weight is 249 g/mol. The number of amides is 1. The number of rotatable bonds is 4. The van der Waals surface area contributed by atoms with Crippen LogP contribution in [0.4, 0.5) is 11.4 Å². The fourth-order valence-corrected chi connectivity index (χ4v) is 2.03. The van der Waals surface area contributed by atoms with Gasteiger partial charge in [0.05, 0.1) is 11.5 Å². The highest BCUT2D eigenvalue weighted by Gasteiger charge is 2.19. The van der Waals surface area contributed by atoms with E-state index in [1.807, 2.05) is 0 Å². The van der Waals surface area contributed by atoms with Crippen LogP contribution in [0.1, 0.15) is 12.8 Å². The zero-order chi connectivity index (χ0) is 13.0. The van der Waals surface area contributed by atoms with Gasteiger partial charge in [0.25, 0.3) is 5.69 Å². The molecule has 0 atom stereocenters. The molecule has 1 amide bonds. The normalized spacial score (nSPS) is 14.6.